The fourth-order valence-corrected chi connectivity index (χ4v) is 6.82. The number of fused-ring (bicyclic) bond motifs is 4. The summed E-state index contributed by atoms with van der Waals surface area (Å²) in [5.41, 5.74) is 3.91. The highest BCUT2D eigenvalue weighted by molar-refractivity contribution is 5.84. The summed E-state index contributed by atoms with van der Waals surface area (Å²) in [6.45, 7) is 7.20. The zero-order chi connectivity index (χ0) is 30.4. The van der Waals surface area contributed by atoms with Gasteiger partial charge in [0, 0.05) is 36.5 Å². The lowest BCUT2D eigenvalue weighted by Gasteiger charge is -2.46. The lowest BCUT2D eigenvalue weighted by Crippen LogP contribution is -2.51. The van der Waals surface area contributed by atoms with Crippen LogP contribution in [-0.2, 0) is 12.5 Å². The smallest absolute Gasteiger partial charge is 0.274 e. The molecule has 3 fully saturated rings. The molecule has 5 aromatic rings. The number of nitrogens with zero attached hydrogens (tertiary/aromatic N) is 6. The summed E-state index contributed by atoms with van der Waals surface area (Å²) in [6, 6.07) is 17.2. The summed E-state index contributed by atoms with van der Waals surface area (Å²) in [4.78, 5) is 24.9. The summed E-state index contributed by atoms with van der Waals surface area (Å²) >= 11 is 0. The SMILES string of the molecule is CC(C)n1c2cc(Nc3cc(N[C@H](CO)c4ccccc4)c(-c4nc(C56CCN(CC5)CC6)no4)cn3)ccc2c(=O)n1C. The molecule has 11 heteroatoms. The molecule has 2 bridgehead atoms. The van der Waals surface area contributed by atoms with Gasteiger partial charge in [0.1, 0.15) is 5.82 Å². The van der Waals surface area contributed by atoms with E-state index >= 15 is 0 Å². The highest BCUT2D eigenvalue weighted by Gasteiger charge is 2.44. The van der Waals surface area contributed by atoms with Crippen LogP contribution in [0.4, 0.5) is 17.2 Å². The fourth-order valence-electron chi connectivity index (χ4n) is 6.82. The minimum Gasteiger partial charge on any atom is -0.394 e. The number of nitrogens with one attached hydrogen (secondary N) is 2. The summed E-state index contributed by atoms with van der Waals surface area (Å²) in [7, 11) is 1.79. The average Bonchev–Trinajstić information content (AvgIpc) is 3.65. The molecule has 0 amide bonds. The second-order valence-electron chi connectivity index (χ2n) is 12.3. The standard InChI is InChI=1S/C33H38N8O3/c1-21(2)41-28-17-23(9-10-24(28)31(43)39(41)3)35-29-18-26(36-27(20-42)22-7-5-4-6-8-22)25(19-34-29)30-37-32(38-44-30)33-11-14-40(15-12-33)16-13-33/h4-10,17-19,21,27,42H,11-16,20H2,1-3H3,(H2,34,35,36)/t27-/m1/s1. The molecular formula is C33H38N8O3. The van der Waals surface area contributed by atoms with Gasteiger partial charge in [0.2, 0.25) is 0 Å². The number of piperidine rings is 3. The molecular weight excluding hydrogens is 556 g/mol. The minimum absolute atomic E-state index is 0.0255. The Bertz CT molecular complexity index is 1840. The Morgan fingerprint density at radius 1 is 1.05 bits per heavy atom. The van der Waals surface area contributed by atoms with Crippen molar-refractivity contribution in [2.45, 2.75) is 50.6 Å². The van der Waals surface area contributed by atoms with E-state index in [1.807, 2.05) is 59.3 Å². The first-order chi connectivity index (χ1) is 21.3. The van der Waals surface area contributed by atoms with Gasteiger partial charge in [-0.05, 0) is 76.5 Å². The number of pyridine rings is 1. The number of aliphatic hydroxyl groups is 1. The maximum Gasteiger partial charge on any atom is 0.274 e. The summed E-state index contributed by atoms with van der Waals surface area (Å²) in [5.74, 6) is 1.77. The van der Waals surface area contributed by atoms with Gasteiger partial charge in [-0.2, -0.15) is 4.98 Å². The van der Waals surface area contributed by atoms with Gasteiger partial charge in [0.15, 0.2) is 5.82 Å². The van der Waals surface area contributed by atoms with Gasteiger partial charge in [0.25, 0.3) is 11.4 Å². The average molecular weight is 595 g/mol. The van der Waals surface area contributed by atoms with Crippen LogP contribution in [0.1, 0.15) is 56.6 Å². The van der Waals surface area contributed by atoms with Crippen LogP contribution in [0.3, 0.4) is 0 Å². The Kier molecular flexibility index (Phi) is 7.22. The van der Waals surface area contributed by atoms with Crippen molar-refractivity contribution in [3.63, 3.8) is 0 Å². The Balaban J connectivity index is 1.25. The third kappa shape index (κ3) is 4.95. The van der Waals surface area contributed by atoms with Gasteiger partial charge in [0.05, 0.1) is 34.8 Å². The lowest BCUT2D eigenvalue weighted by molar-refractivity contribution is 0.0747. The second-order valence-corrected chi connectivity index (χ2v) is 12.3. The van der Waals surface area contributed by atoms with Crippen LogP contribution in [-0.4, -0.2) is 60.7 Å². The molecule has 1 atom stereocenters. The normalized spacial score (nSPS) is 20.3. The molecule has 3 aliphatic heterocycles. The molecule has 0 radical (unpaired) electrons. The van der Waals surface area contributed by atoms with Gasteiger partial charge in [-0.3, -0.25) is 14.2 Å². The number of rotatable bonds is 9. The molecule has 3 N–H and O–H groups in total. The number of hydrogen-bond donors (Lipinski definition) is 3. The first-order valence-electron chi connectivity index (χ1n) is 15.3. The maximum absolute atomic E-state index is 12.8. The molecule has 8 rings (SSSR count). The third-order valence-electron chi connectivity index (χ3n) is 9.32. The van der Waals surface area contributed by atoms with Crippen LogP contribution in [0.2, 0.25) is 0 Å². The van der Waals surface area contributed by atoms with E-state index < -0.39 is 0 Å². The van der Waals surface area contributed by atoms with Crippen molar-refractivity contribution in [3.05, 3.63) is 82.5 Å². The van der Waals surface area contributed by atoms with Gasteiger partial charge in [-0.15, -0.1) is 0 Å². The van der Waals surface area contributed by atoms with Crippen molar-refractivity contribution in [2.75, 3.05) is 36.9 Å². The van der Waals surface area contributed by atoms with Crippen molar-refractivity contribution in [1.29, 1.82) is 0 Å². The maximum atomic E-state index is 12.8. The van der Waals surface area contributed by atoms with E-state index in [9.17, 15) is 9.90 Å². The molecule has 228 valence electrons. The molecule has 0 spiro atoms. The predicted octanol–water partition coefficient (Wildman–Crippen LogP) is 4.99. The van der Waals surface area contributed by atoms with Crippen molar-refractivity contribution >= 4 is 28.1 Å². The third-order valence-corrected chi connectivity index (χ3v) is 9.32. The fraction of sp³-hybridized carbons (Fsp3) is 0.394. The quantitative estimate of drug-likeness (QED) is 0.216. The van der Waals surface area contributed by atoms with E-state index in [2.05, 4.69) is 34.5 Å². The lowest BCUT2D eigenvalue weighted by atomic mass is 9.71. The number of hydrogen-bond acceptors (Lipinski definition) is 9. The van der Waals surface area contributed by atoms with Crippen LogP contribution < -0.4 is 16.2 Å². The van der Waals surface area contributed by atoms with Crippen LogP contribution >= 0.6 is 0 Å². The molecule has 0 unspecified atom stereocenters. The molecule has 6 heterocycles. The highest BCUT2D eigenvalue weighted by Crippen LogP contribution is 2.42. The molecule has 11 nitrogen and oxygen atoms in total. The number of anilines is 3. The summed E-state index contributed by atoms with van der Waals surface area (Å²) in [6.07, 6.45) is 4.84. The topological polar surface area (TPSA) is 126 Å². The van der Waals surface area contributed by atoms with Gasteiger partial charge in [-0.25, -0.2) is 4.98 Å². The molecule has 44 heavy (non-hydrogen) atoms. The molecule has 3 aliphatic rings. The van der Waals surface area contributed by atoms with E-state index in [-0.39, 0.29) is 29.7 Å². The summed E-state index contributed by atoms with van der Waals surface area (Å²) < 4.78 is 9.53. The Morgan fingerprint density at radius 3 is 2.50 bits per heavy atom. The number of benzene rings is 2. The Hall–Kier alpha value is -4.48. The molecule has 3 saturated heterocycles. The largest absolute Gasteiger partial charge is 0.394 e. The highest BCUT2D eigenvalue weighted by atomic mass is 16.5. The number of aliphatic hydroxyl groups excluding tert-OH is 1. The molecule has 2 aromatic carbocycles. The van der Waals surface area contributed by atoms with Crippen LogP contribution in [0.15, 0.2) is 70.1 Å². The van der Waals surface area contributed by atoms with E-state index in [1.165, 1.54) is 0 Å². The van der Waals surface area contributed by atoms with Crippen molar-refractivity contribution < 1.29 is 9.63 Å². The zero-order valence-electron chi connectivity index (χ0n) is 25.3. The zero-order valence-corrected chi connectivity index (χ0v) is 25.3. The molecule has 3 aromatic heterocycles. The van der Waals surface area contributed by atoms with Gasteiger partial charge in [-0.1, -0.05) is 35.5 Å². The predicted molar refractivity (Wildman–Crippen MR) is 170 cm³/mol. The van der Waals surface area contributed by atoms with Crippen molar-refractivity contribution in [1.82, 2.24) is 29.4 Å². The van der Waals surface area contributed by atoms with Gasteiger partial charge >= 0.3 is 0 Å². The van der Waals surface area contributed by atoms with Crippen molar-refractivity contribution in [3.8, 4) is 11.5 Å². The van der Waals surface area contributed by atoms with Gasteiger partial charge < -0.3 is 25.2 Å². The molecule has 0 aliphatic carbocycles. The molecule has 0 saturated carbocycles. The van der Waals surface area contributed by atoms with Crippen LogP contribution in [0.5, 0.6) is 0 Å². The first kappa shape index (κ1) is 28.3. The summed E-state index contributed by atoms with van der Waals surface area (Å²) in [5, 5.41) is 22.4. The van der Waals surface area contributed by atoms with E-state index in [4.69, 9.17) is 14.5 Å². The van der Waals surface area contributed by atoms with Crippen LogP contribution in [0, 0.1) is 0 Å². The van der Waals surface area contributed by atoms with E-state index in [0.717, 1.165) is 61.5 Å². The first-order valence-corrected chi connectivity index (χ1v) is 15.3. The van der Waals surface area contributed by atoms with E-state index in [0.29, 0.717) is 28.3 Å². The van der Waals surface area contributed by atoms with Crippen LogP contribution in [0.25, 0.3) is 22.4 Å². The Morgan fingerprint density at radius 2 is 1.80 bits per heavy atom. The number of aromatic nitrogens is 5. The van der Waals surface area contributed by atoms with E-state index in [1.54, 1.807) is 17.9 Å². The monoisotopic (exact) mass is 594 g/mol. The second kappa shape index (κ2) is 11.2. The van der Waals surface area contributed by atoms with Crippen molar-refractivity contribution in [2.24, 2.45) is 7.05 Å². The minimum atomic E-state index is -0.366. The Labute approximate surface area is 255 Å².